The van der Waals surface area contributed by atoms with Gasteiger partial charge in [-0.2, -0.15) is 0 Å². The second kappa shape index (κ2) is 9.33. The highest BCUT2D eigenvalue weighted by molar-refractivity contribution is 5.69. The molecule has 0 saturated carbocycles. The molecule has 1 amide bonds. The van der Waals surface area contributed by atoms with E-state index in [1.54, 1.807) is 4.90 Å². The Bertz CT molecular complexity index is 872. The maximum atomic E-state index is 13.2. The van der Waals surface area contributed by atoms with Crippen LogP contribution in [0.4, 0.5) is 4.79 Å². The fourth-order valence-electron chi connectivity index (χ4n) is 3.99. The second-order valence-corrected chi connectivity index (χ2v) is 8.78. The van der Waals surface area contributed by atoms with Crippen LogP contribution in [0.15, 0.2) is 54.6 Å². The van der Waals surface area contributed by atoms with Gasteiger partial charge in [0.05, 0.1) is 6.04 Å². The standard InChI is InChI=1S/C25H31NO4/c1-18(27)29-17-23-22(20-11-6-5-7-12-20)16-21-13-9-8-10-19(21)14-15-26(23)24(28)30-25(2,3)4/h5-13,22-23H,14-17H2,1-4H3. The van der Waals surface area contributed by atoms with Crippen molar-refractivity contribution in [3.05, 3.63) is 71.3 Å². The summed E-state index contributed by atoms with van der Waals surface area (Å²) < 4.78 is 11.2. The zero-order valence-corrected chi connectivity index (χ0v) is 18.3. The zero-order valence-electron chi connectivity index (χ0n) is 18.3. The summed E-state index contributed by atoms with van der Waals surface area (Å²) in [6.45, 7) is 7.62. The van der Waals surface area contributed by atoms with Crippen molar-refractivity contribution in [1.29, 1.82) is 0 Å². The molecular weight excluding hydrogens is 378 g/mol. The van der Waals surface area contributed by atoms with Crippen LogP contribution in [0.1, 0.15) is 50.3 Å². The molecule has 2 aromatic rings. The van der Waals surface area contributed by atoms with E-state index in [0.29, 0.717) is 6.54 Å². The summed E-state index contributed by atoms with van der Waals surface area (Å²) in [4.78, 5) is 26.6. The molecule has 160 valence electrons. The summed E-state index contributed by atoms with van der Waals surface area (Å²) in [6, 6.07) is 18.2. The lowest BCUT2D eigenvalue weighted by atomic mass is 9.82. The molecule has 1 aliphatic rings. The second-order valence-electron chi connectivity index (χ2n) is 8.78. The van der Waals surface area contributed by atoms with E-state index in [2.05, 4.69) is 30.3 Å². The molecule has 0 fully saturated rings. The van der Waals surface area contributed by atoms with E-state index >= 15 is 0 Å². The van der Waals surface area contributed by atoms with Crippen LogP contribution in [-0.2, 0) is 27.1 Å². The first-order valence-electron chi connectivity index (χ1n) is 10.5. The van der Waals surface area contributed by atoms with Gasteiger partial charge in [-0.15, -0.1) is 0 Å². The van der Waals surface area contributed by atoms with E-state index in [4.69, 9.17) is 9.47 Å². The van der Waals surface area contributed by atoms with E-state index in [-0.39, 0.29) is 30.6 Å². The van der Waals surface area contributed by atoms with Crippen molar-refractivity contribution in [3.8, 4) is 0 Å². The van der Waals surface area contributed by atoms with Gasteiger partial charge in [0.1, 0.15) is 12.2 Å². The van der Waals surface area contributed by atoms with Gasteiger partial charge in [-0.05, 0) is 50.3 Å². The van der Waals surface area contributed by atoms with Crippen LogP contribution in [0.25, 0.3) is 0 Å². The number of ether oxygens (including phenoxy) is 2. The Labute approximate surface area is 179 Å². The summed E-state index contributed by atoms with van der Waals surface area (Å²) in [5.41, 5.74) is 3.01. The van der Waals surface area contributed by atoms with Crippen LogP contribution in [0.5, 0.6) is 0 Å². The quantitative estimate of drug-likeness (QED) is 0.687. The predicted molar refractivity (Wildman–Crippen MR) is 116 cm³/mol. The van der Waals surface area contributed by atoms with Crippen molar-refractivity contribution < 1.29 is 19.1 Å². The molecule has 0 saturated heterocycles. The summed E-state index contributed by atoms with van der Waals surface area (Å²) in [5, 5.41) is 0. The largest absolute Gasteiger partial charge is 0.464 e. The number of amides is 1. The highest BCUT2D eigenvalue weighted by atomic mass is 16.6. The van der Waals surface area contributed by atoms with Crippen molar-refractivity contribution in [2.75, 3.05) is 13.2 Å². The average Bonchev–Trinajstić information content (AvgIpc) is 2.67. The first kappa shape index (κ1) is 21.9. The lowest BCUT2D eigenvalue weighted by Crippen LogP contribution is -2.50. The Kier molecular flexibility index (Phi) is 6.80. The van der Waals surface area contributed by atoms with Crippen LogP contribution in [0.2, 0.25) is 0 Å². The lowest BCUT2D eigenvalue weighted by molar-refractivity contribution is -0.143. The maximum Gasteiger partial charge on any atom is 0.410 e. The van der Waals surface area contributed by atoms with Crippen LogP contribution in [-0.4, -0.2) is 41.8 Å². The van der Waals surface area contributed by atoms with Gasteiger partial charge in [0, 0.05) is 19.4 Å². The molecule has 0 spiro atoms. The predicted octanol–water partition coefficient (Wildman–Crippen LogP) is 4.74. The maximum absolute atomic E-state index is 13.2. The number of hydrogen-bond donors (Lipinski definition) is 0. The van der Waals surface area contributed by atoms with E-state index < -0.39 is 5.60 Å². The molecule has 0 bridgehead atoms. The van der Waals surface area contributed by atoms with Gasteiger partial charge >= 0.3 is 12.1 Å². The summed E-state index contributed by atoms with van der Waals surface area (Å²) in [5.74, 6) is -0.382. The molecular formula is C25H31NO4. The number of benzene rings is 2. The topological polar surface area (TPSA) is 55.8 Å². The smallest absolute Gasteiger partial charge is 0.410 e. The Hall–Kier alpha value is -2.82. The van der Waals surface area contributed by atoms with Gasteiger partial charge in [-0.3, -0.25) is 4.79 Å². The third kappa shape index (κ3) is 5.62. The molecule has 1 aliphatic heterocycles. The molecule has 5 heteroatoms. The molecule has 1 heterocycles. The Morgan fingerprint density at radius 1 is 1.00 bits per heavy atom. The third-order valence-corrected chi connectivity index (χ3v) is 5.36. The monoisotopic (exact) mass is 409 g/mol. The van der Waals surface area contributed by atoms with Gasteiger partial charge < -0.3 is 14.4 Å². The number of rotatable bonds is 3. The summed E-state index contributed by atoms with van der Waals surface area (Å²) >= 11 is 0. The van der Waals surface area contributed by atoms with Crippen molar-refractivity contribution in [1.82, 2.24) is 4.90 Å². The lowest BCUT2D eigenvalue weighted by Gasteiger charge is -2.39. The van der Waals surface area contributed by atoms with Gasteiger partial charge in [-0.1, -0.05) is 54.6 Å². The summed E-state index contributed by atoms with van der Waals surface area (Å²) in [6.07, 6.45) is 1.11. The van der Waals surface area contributed by atoms with E-state index in [0.717, 1.165) is 18.4 Å². The molecule has 0 N–H and O–H groups in total. The van der Waals surface area contributed by atoms with Crippen LogP contribution in [0.3, 0.4) is 0 Å². The molecule has 0 aromatic heterocycles. The van der Waals surface area contributed by atoms with Crippen LogP contribution >= 0.6 is 0 Å². The van der Waals surface area contributed by atoms with E-state index in [1.807, 2.05) is 45.0 Å². The van der Waals surface area contributed by atoms with Crippen LogP contribution in [0, 0.1) is 0 Å². The van der Waals surface area contributed by atoms with E-state index in [9.17, 15) is 9.59 Å². The first-order chi connectivity index (χ1) is 14.2. The Morgan fingerprint density at radius 3 is 2.27 bits per heavy atom. The fourth-order valence-corrected chi connectivity index (χ4v) is 3.99. The molecule has 0 radical (unpaired) electrons. The highest BCUT2D eigenvalue weighted by Gasteiger charge is 2.37. The van der Waals surface area contributed by atoms with Crippen molar-refractivity contribution in [2.45, 2.75) is 58.1 Å². The minimum atomic E-state index is -0.606. The summed E-state index contributed by atoms with van der Waals surface area (Å²) in [7, 11) is 0. The van der Waals surface area contributed by atoms with Gasteiger partial charge in [0.25, 0.3) is 0 Å². The number of esters is 1. The number of carbonyl (C=O) groups excluding carboxylic acids is 2. The van der Waals surface area contributed by atoms with Crippen LogP contribution < -0.4 is 0 Å². The minimum Gasteiger partial charge on any atom is -0.464 e. The Morgan fingerprint density at radius 2 is 1.63 bits per heavy atom. The van der Waals surface area contributed by atoms with E-state index in [1.165, 1.54) is 18.1 Å². The normalized spacial score (nSPS) is 19.3. The molecule has 2 unspecified atom stereocenters. The van der Waals surface area contributed by atoms with Gasteiger partial charge in [0.2, 0.25) is 0 Å². The van der Waals surface area contributed by atoms with Crippen molar-refractivity contribution in [2.24, 2.45) is 0 Å². The average molecular weight is 410 g/mol. The molecule has 5 nitrogen and oxygen atoms in total. The molecule has 30 heavy (non-hydrogen) atoms. The SMILES string of the molecule is CC(=O)OCC1C(c2ccccc2)Cc2ccccc2CCN1C(=O)OC(C)(C)C. The molecule has 3 rings (SSSR count). The third-order valence-electron chi connectivity index (χ3n) is 5.36. The van der Waals surface area contributed by atoms with Gasteiger partial charge in [-0.25, -0.2) is 4.79 Å². The molecule has 0 aliphatic carbocycles. The Balaban J connectivity index is 2.05. The highest BCUT2D eigenvalue weighted by Crippen LogP contribution is 2.32. The number of hydrogen-bond acceptors (Lipinski definition) is 4. The van der Waals surface area contributed by atoms with Crippen molar-refractivity contribution in [3.63, 3.8) is 0 Å². The number of fused-ring (bicyclic) bond motifs is 1. The van der Waals surface area contributed by atoms with Crippen molar-refractivity contribution >= 4 is 12.1 Å². The van der Waals surface area contributed by atoms with Gasteiger partial charge in [0.15, 0.2) is 0 Å². The number of nitrogens with zero attached hydrogens (tertiary/aromatic N) is 1. The minimum absolute atomic E-state index is 0.0282. The fraction of sp³-hybridized carbons (Fsp3) is 0.440. The molecule has 2 aromatic carbocycles. The number of carbonyl (C=O) groups is 2. The zero-order chi connectivity index (χ0) is 21.7. The molecule has 2 atom stereocenters. The first-order valence-corrected chi connectivity index (χ1v) is 10.5.